The maximum Gasteiger partial charge on any atom is 3.00 e. The van der Waals surface area contributed by atoms with Gasteiger partial charge in [-0.05, 0) is 32.1 Å². The van der Waals surface area contributed by atoms with E-state index >= 15 is 0 Å². The van der Waals surface area contributed by atoms with Crippen LogP contribution in [-0.2, 0) is 35.4 Å². The molecule has 133 valence electrons. The second-order valence-electron chi connectivity index (χ2n) is 6.63. The molecule has 0 unspecified atom stereocenters. The van der Waals surface area contributed by atoms with Gasteiger partial charge >= 0.3 is 26.2 Å². The Morgan fingerprint density at radius 1 is 1.08 bits per heavy atom. The number of hydrogen-bond acceptors (Lipinski definition) is 2. The first-order valence-corrected chi connectivity index (χ1v) is 11.3. The van der Waals surface area contributed by atoms with Crippen molar-refractivity contribution in [1.29, 1.82) is 0 Å². The van der Waals surface area contributed by atoms with Crippen molar-refractivity contribution in [3.63, 3.8) is 0 Å². The van der Waals surface area contributed by atoms with E-state index in [-0.39, 0.29) is 51.0 Å². The molecule has 0 spiro atoms. The van der Waals surface area contributed by atoms with Crippen molar-refractivity contribution in [2.45, 2.75) is 26.1 Å². The number of benzene rings is 1. The van der Waals surface area contributed by atoms with E-state index in [1.165, 1.54) is 21.9 Å². The Morgan fingerprint density at radius 2 is 1.80 bits per heavy atom. The maximum atomic E-state index is 5.95. The van der Waals surface area contributed by atoms with Gasteiger partial charge in [0.15, 0.2) is 8.32 Å². The summed E-state index contributed by atoms with van der Waals surface area (Å²) in [6, 6.07) is 13.0. The van der Waals surface area contributed by atoms with Crippen LogP contribution in [0.15, 0.2) is 54.3 Å². The van der Waals surface area contributed by atoms with Crippen LogP contribution in [0.4, 0.5) is 0 Å². The number of halogens is 2. The SMILES string of the molecule is C[Si](C)(C)OCCOC1=C(c2cc3ccccc3[cH-]2)CC=C1.[Cl-].[Cl-].[Zr+3]. The van der Waals surface area contributed by atoms with Gasteiger partial charge in [-0.1, -0.05) is 29.8 Å². The molecule has 0 atom stereocenters. The molecule has 1 aliphatic carbocycles. The first-order chi connectivity index (χ1) is 10.5. The summed E-state index contributed by atoms with van der Waals surface area (Å²) in [6.45, 7) is 7.88. The molecule has 0 aromatic heterocycles. The molecular formula is C19H23Cl2O2SiZr. The minimum Gasteiger partial charge on any atom is -1.00 e. The quantitative estimate of drug-likeness (QED) is 0.308. The average Bonchev–Trinajstić information content (AvgIpc) is 3.08. The van der Waals surface area contributed by atoms with Crippen LogP contribution in [-0.4, -0.2) is 21.5 Å². The summed E-state index contributed by atoms with van der Waals surface area (Å²) in [5, 5.41) is 2.58. The van der Waals surface area contributed by atoms with Gasteiger partial charge < -0.3 is 34.0 Å². The van der Waals surface area contributed by atoms with Gasteiger partial charge in [-0.3, -0.25) is 0 Å². The normalized spacial score (nSPS) is 13.2. The first kappa shape index (κ1) is 24.8. The van der Waals surface area contributed by atoms with Crippen LogP contribution in [0.1, 0.15) is 12.0 Å². The van der Waals surface area contributed by atoms with Gasteiger partial charge in [-0.15, -0.1) is 34.5 Å². The summed E-state index contributed by atoms with van der Waals surface area (Å²) in [5.41, 5.74) is 2.55. The van der Waals surface area contributed by atoms with Crippen LogP contribution in [0.25, 0.3) is 16.3 Å². The summed E-state index contributed by atoms with van der Waals surface area (Å²) in [7, 11) is -1.45. The van der Waals surface area contributed by atoms with Crippen molar-refractivity contribution in [3.8, 4) is 0 Å². The molecule has 2 aromatic carbocycles. The molecular weight excluding hydrogens is 450 g/mol. The van der Waals surface area contributed by atoms with Gasteiger partial charge in [0.05, 0.1) is 12.4 Å². The standard InChI is InChI=1S/C19H23O2Si.2ClH.Zr/c1-22(2,3)21-12-11-20-19-10-6-9-18(19)17-13-15-7-4-5-8-16(15)14-17;;;/h4-8,10,13-14H,9,11-12H2,1-3H3;2*1H;/q-1;;;+3/p-2. The molecule has 1 aliphatic rings. The predicted molar refractivity (Wildman–Crippen MR) is 95.5 cm³/mol. The van der Waals surface area contributed by atoms with Crippen molar-refractivity contribution < 1.29 is 60.2 Å². The Bertz CT molecular complexity index is 699. The Hall–Kier alpha value is -0.250. The summed E-state index contributed by atoms with van der Waals surface area (Å²) >= 11 is 0. The molecule has 0 saturated heterocycles. The fourth-order valence-electron chi connectivity index (χ4n) is 2.70. The Balaban J connectivity index is 0.00000192. The van der Waals surface area contributed by atoms with E-state index in [1.54, 1.807) is 0 Å². The van der Waals surface area contributed by atoms with E-state index < -0.39 is 8.32 Å². The predicted octanol–water partition coefficient (Wildman–Crippen LogP) is -0.897. The number of allylic oxidation sites excluding steroid dienone is 3. The maximum absolute atomic E-state index is 5.95. The molecule has 2 aromatic rings. The van der Waals surface area contributed by atoms with Gasteiger partial charge in [0.1, 0.15) is 6.61 Å². The van der Waals surface area contributed by atoms with E-state index in [1.807, 2.05) is 0 Å². The van der Waals surface area contributed by atoms with Crippen molar-refractivity contribution in [2.24, 2.45) is 0 Å². The zero-order chi connectivity index (χ0) is 15.6. The van der Waals surface area contributed by atoms with Gasteiger partial charge in [0.2, 0.25) is 0 Å². The van der Waals surface area contributed by atoms with Crippen LogP contribution in [0, 0.1) is 0 Å². The number of rotatable bonds is 6. The van der Waals surface area contributed by atoms with Crippen LogP contribution in [0.5, 0.6) is 0 Å². The molecule has 25 heavy (non-hydrogen) atoms. The summed E-state index contributed by atoms with van der Waals surface area (Å²) in [5.74, 6) is 0.995. The van der Waals surface area contributed by atoms with Crippen molar-refractivity contribution in [2.75, 3.05) is 13.2 Å². The van der Waals surface area contributed by atoms with Crippen molar-refractivity contribution in [3.05, 3.63) is 59.9 Å². The van der Waals surface area contributed by atoms with Gasteiger partial charge in [0.25, 0.3) is 0 Å². The average molecular weight is 474 g/mol. The molecule has 0 bridgehead atoms. The molecule has 0 saturated carbocycles. The summed E-state index contributed by atoms with van der Waals surface area (Å²) < 4.78 is 11.8. The molecule has 2 nitrogen and oxygen atoms in total. The Kier molecular flexibility index (Phi) is 10.7. The zero-order valence-electron chi connectivity index (χ0n) is 14.8. The van der Waals surface area contributed by atoms with E-state index in [2.05, 4.69) is 68.2 Å². The fraction of sp³-hybridized carbons (Fsp3) is 0.316. The van der Waals surface area contributed by atoms with Crippen LogP contribution >= 0.6 is 0 Å². The van der Waals surface area contributed by atoms with Crippen LogP contribution < -0.4 is 24.8 Å². The third-order valence-electron chi connectivity index (χ3n) is 3.73. The number of hydrogen-bond donors (Lipinski definition) is 0. The Labute approximate surface area is 183 Å². The van der Waals surface area contributed by atoms with Crippen LogP contribution in [0.3, 0.4) is 0 Å². The molecule has 3 rings (SSSR count). The second-order valence-corrected chi connectivity index (χ2v) is 11.1. The fourth-order valence-corrected chi connectivity index (χ4v) is 3.40. The topological polar surface area (TPSA) is 18.5 Å². The monoisotopic (exact) mass is 471 g/mol. The van der Waals surface area contributed by atoms with Gasteiger partial charge in [0, 0.05) is 0 Å². The smallest absolute Gasteiger partial charge is 1.00 e. The molecule has 0 aliphatic heterocycles. The number of ether oxygens (including phenoxy) is 1. The second kappa shape index (κ2) is 10.8. The molecule has 0 heterocycles. The molecule has 6 heteroatoms. The van der Waals surface area contributed by atoms with E-state index in [0.717, 1.165) is 12.2 Å². The molecule has 0 amide bonds. The molecule has 0 fully saturated rings. The first-order valence-electron chi connectivity index (χ1n) is 7.85. The third kappa shape index (κ3) is 6.77. The minimum atomic E-state index is -1.45. The summed E-state index contributed by atoms with van der Waals surface area (Å²) in [6.07, 6.45) is 5.20. The summed E-state index contributed by atoms with van der Waals surface area (Å²) in [4.78, 5) is 0. The van der Waals surface area contributed by atoms with Gasteiger partial charge in [-0.25, -0.2) is 0 Å². The zero-order valence-corrected chi connectivity index (χ0v) is 19.8. The van der Waals surface area contributed by atoms with E-state index in [4.69, 9.17) is 9.16 Å². The molecule has 1 radical (unpaired) electrons. The van der Waals surface area contributed by atoms with Crippen molar-refractivity contribution >= 4 is 24.7 Å². The van der Waals surface area contributed by atoms with Crippen LogP contribution in [0.2, 0.25) is 19.6 Å². The van der Waals surface area contributed by atoms with Crippen molar-refractivity contribution in [1.82, 2.24) is 0 Å². The Morgan fingerprint density at radius 3 is 2.48 bits per heavy atom. The minimum absolute atomic E-state index is 0. The number of fused-ring (bicyclic) bond motifs is 1. The van der Waals surface area contributed by atoms with E-state index in [9.17, 15) is 0 Å². The molecule has 0 N–H and O–H groups in total. The van der Waals surface area contributed by atoms with E-state index in [0.29, 0.717) is 13.2 Å². The largest absolute Gasteiger partial charge is 3.00 e. The van der Waals surface area contributed by atoms with Gasteiger partial charge in [-0.2, -0.15) is 0 Å². The third-order valence-corrected chi connectivity index (χ3v) is 4.80.